The smallest absolute Gasteiger partial charge is 0.339 e. The van der Waals surface area contributed by atoms with Gasteiger partial charge in [0.05, 0.1) is 18.2 Å². The second-order valence-corrected chi connectivity index (χ2v) is 5.92. The number of nitrogens with one attached hydrogen (secondary N) is 2. The summed E-state index contributed by atoms with van der Waals surface area (Å²) in [5.74, 6) is -2.44. The maximum Gasteiger partial charge on any atom is 0.339 e. The van der Waals surface area contributed by atoms with E-state index in [4.69, 9.17) is 9.47 Å². The largest absolute Gasteiger partial charge is 0.496 e. The second-order valence-electron chi connectivity index (χ2n) is 5.92. The number of hydrogen-bond acceptors (Lipinski definition) is 5. The van der Waals surface area contributed by atoms with E-state index in [2.05, 4.69) is 10.9 Å². The molecule has 0 aliphatic rings. The quantitative estimate of drug-likeness (QED) is 0.511. The van der Waals surface area contributed by atoms with Gasteiger partial charge in [0, 0.05) is 5.39 Å². The van der Waals surface area contributed by atoms with E-state index in [0.717, 1.165) is 11.5 Å². The SMILES string of the molecule is COc1ccc(C(=O)OCC(=O)NNC(=O)c2ccccc2F)c2ccccc12. The lowest BCUT2D eigenvalue weighted by Crippen LogP contribution is -2.43. The zero-order valence-electron chi connectivity index (χ0n) is 15.4. The van der Waals surface area contributed by atoms with E-state index >= 15 is 0 Å². The van der Waals surface area contributed by atoms with Gasteiger partial charge in [0.1, 0.15) is 11.6 Å². The molecule has 2 amide bonds. The monoisotopic (exact) mass is 396 g/mol. The van der Waals surface area contributed by atoms with Crippen LogP contribution in [0.3, 0.4) is 0 Å². The Hall–Kier alpha value is -3.94. The fraction of sp³-hybridized carbons (Fsp3) is 0.0952. The molecule has 0 atom stereocenters. The van der Waals surface area contributed by atoms with E-state index < -0.39 is 30.2 Å². The molecule has 3 rings (SSSR count). The molecular formula is C21H17FN2O5. The molecule has 3 aromatic carbocycles. The van der Waals surface area contributed by atoms with E-state index in [1.807, 2.05) is 6.07 Å². The molecule has 2 N–H and O–H groups in total. The van der Waals surface area contributed by atoms with Gasteiger partial charge in [-0.05, 0) is 29.7 Å². The normalized spacial score (nSPS) is 10.3. The highest BCUT2D eigenvalue weighted by Gasteiger charge is 2.16. The Bertz CT molecular complexity index is 1080. The Labute approximate surface area is 165 Å². The molecule has 8 heteroatoms. The van der Waals surface area contributed by atoms with Crippen LogP contribution in [0.4, 0.5) is 4.39 Å². The van der Waals surface area contributed by atoms with Crippen molar-refractivity contribution < 1.29 is 28.2 Å². The minimum atomic E-state index is -0.830. The van der Waals surface area contributed by atoms with Crippen molar-refractivity contribution in [3.63, 3.8) is 0 Å². The van der Waals surface area contributed by atoms with Crippen LogP contribution < -0.4 is 15.6 Å². The minimum absolute atomic E-state index is 0.227. The molecule has 148 valence electrons. The second kappa shape index (κ2) is 8.83. The molecule has 0 fully saturated rings. The highest BCUT2D eigenvalue weighted by atomic mass is 19.1. The molecule has 0 unspecified atom stereocenters. The molecule has 0 heterocycles. The fourth-order valence-corrected chi connectivity index (χ4v) is 2.71. The van der Waals surface area contributed by atoms with Crippen LogP contribution in [0.5, 0.6) is 5.75 Å². The number of methoxy groups -OCH3 is 1. The van der Waals surface area contributed by atoms with Crippen LogP contribution in [0.1, 0.15) is 20.7 Å². The number of rotatable bonds is 5. The van der Waals surface area contributed by atoms with E-state index in [0.29, 0.717) is 11.1 Å². The molecular weight excluding hydrogens is 379 g/mol. The van der Waals surface area contributed by atoms with Gasteiger partial charge in [0.15, 0.2) is 6.61 Å². The zero-order valence-corrected chi connectivity index (χ0v) is 15.4. The maximum absolute atomic E-state index is 13.5. The number of hydrogen-bond donors (Lipinski definition) is 2. The van der Waals surface area contributed by atoms with Crippen molar-refractivity contribution in [1.82, 2.24) is 10.9 Å². The van der Waals surface area contributed by atoms with Gasteiger partial charge in [-0.1, -0.05) is 36.4 Å². The summed E-state index contributed by atoms with van der Waals surface area (Å²) in [4.78, 5) is 36.1. The van der Waals surface area contributed by atoms with Gasteiger partial charge >= 0.3 is 5.97 Å². The molecule has 7 nitrogen and oxygen atoms in total. The molecule has 3 aromatic rings. The number of hydrazine groups is 1. The summed E-state index contributed by atoms with van der Waals surface area (Å²) < 4.78 is 23.8. The standard InChI is InChI=1S/C21H17FN2O5/c1-28-18-11-10-15(13-6-2-3-7-14(13)18)21(27)29-12-19(25)23-24-20(26)16-8-4-5-9-17(16)22/h2-11H,12H2,1H3,(H,23,25)(H,24,26). The molecule has 0 bridgehead atoms. The molecule has 0 aromatic heterocycles. The zero-order chi connectivity index (χ0) is 20.8. The lowest BCUT2D eigenvalue weighted by molar-refractivity contribution is -0.125. The van der Waals surface area contributed by atoms with Crippen molar-refractivity contribution in [2.45, 2.75) is 0 Å². The van der Waals surface area contributed by atoms with E-state index in [-0.39, 0.29) is 11.1 Å². The van der Waals surface area contributed by atoms with Crippen molar-refractivity contribution in [2.75, 3.05) is 13.7 Å². The number of carbonyl (C=O) groups excluding carboxylic acids is 3. The summed E-state index contributed by atoms with van der Waals surface area (Å²) in [6.07, 6.45) is 0. The molecule has 0 spiro atoms. The Morgan fingerprint density at radius 2 is 1.55 bits per heavy atom. The van der Waals surface area contributed by atoms with E-state index in [9.17, 15) is 18.8 Å². The highest BCUT2D eigenvalue weighted by molar-refractivity contribution is 6.06. The first-order valence-corrected chi connectivity index (χ1v) is 8.58. The first-order chi connectivity index (χ1) is 14.0. The summed E-state index contributed by atoms with van der Waals surface area (Å²) >= 11 is 0. The van der Waals surface area contributed by atoms with E-state index in [1.165, 1.54) is 25.3 Å². The van der Waals surface area contributed by atoms with Crippen molar-refractivity contribution in [3.8, 4) is 5.75 Å². The third-order valence-corrected chi connectivity index (χ3v) is 4.09. The summed E-state index contributed by atoms with van der Waals surface area (Å²) in [6.45, 7) is -0.628. The van der Waals surface area contributed by atoms with Crippen LogP contribution in [0, 0.1) is 5.82 Å². The maximum atomic E-state index is 13.5. The Balaban J connectivity index is 1.60. The molecule has 0 radical (unpaired) electrons. The van der Waals surface area contributed by atoms with E-state index in [1.54, 1.807) is 30.3 Å². The summed E-state index contributed by atoms with van der Waals surface area (Å²) in [6, 6.07) is 15.6. The van der Waals surface area contributed by atoms with Gasteiger partial charge in [0.25, 0.3) is 11.8 Å². The van der Waals surface area contributed by atoms with Gasteiger partial charge in [-0.3, -0.25) is 20.4 Å². The van der Waals surface area contributed by atoms with Gasteiger partial charge in [-0.2, -0.15) is 0 Å². The number of esters is 1. The van der Waals surface area contributed by atoms with Gasteiger partial charge < -0.3 is 9.47 Å². The lowest BCUT2D eigenvalue weighted by Gasteiger charge is -2.11. The lowest BCUT2D eigenvalue weighted by atomic mass is 10.0. The van der Waals surface area contributed by atoms with Gasteiger partial charge in [0.2, 0.25) is 0 Å². The van der Waals surface area contributed by atoms with Crippen LogP contribution in [-0.2, 0) is 9.53 Å². The molecule has 29 heavy (non-hydrogen) atoms. The Morgan fingerprint density at radius 3 is 2.28 bits per heavy atom. The van der Waals surface area contributed by atoms with Gasteiger partial charge in [-0.15, -0.1) is 0 Å². The number of benzene rings is 3. The molecule has 0 saturated carbocycles. The summed E-state index contributed by atoms with van der Waals surface area (Å²) in [5, 5.41) is 1.34. The Kier molecular flexibility index (Phi) is 6.03. The molecule has 0 aliphatic heterocycles. The van der Waals surface area contributed by atoms with Crippen molar-refractivity contribution in [3.05, 3.63) is 77.6 Å². The number of amides is 2. The molecule has 0 saturated heterocycles. The summed E-state index contributed by atoms with van der Waals surface area (Å²) in [5.41, 5.74) is 4.17. The number of carbonyl (C=O) groups is 3. The number of halogens is 1. The highest BCUT2D eigenvalue weighted by Crippen LogP contribution is 2.28. The average Bonchev–Trinajstić information content (AvgIpc) is 2.75. The van der Waals surface area contributed by atoms with Crippen LogP contribution in [-0.4, -0.2) is 31.5 Å². The number of ether oxygens (including phenoxy) is 2. The van der Waals surface area contributed by atoms with Crippen LogP contribution in [0.2, 0.25) is 0 Å². The first-order valence-electron chi connectivity index (χ1n) is 8.58. The minimum Gasteiger partial charge on any atom is -0.496 e. The fourth-order valence-electron chi connectivity index (χ4n) is 2.71. The molecule has 0 aliphatic carbocycles. The van der Waals surface area contributed by atoms with Gasteiger partial charge in [-0.25, -0.2) is 9.18 Å². The van der Waals surface area contributed by atoms with Crippen molar-refractivity contribution in [2.24, 2.45) is 0 Å². The number of fused-ring (bicyclic) bond motifs is 1. The Morgan fingerprint density at radius 1 is 0.862 bits per heavy atom. The predicted octanol–water partition coefficient (Wildman–Crippen LogP) is 2.61. The van der Waals surface area contributed by atoms with Crippen LogP contribution >= 0.6 is 0 Å². The summed E-state index contributed by atoms with van der Waals surface area (Å²) in [7, 11) is 1.53. The predicted molar refractivity (Wildman–Crippen MR) is 103 cm³/mol. The van der Waals surface area contributed by atoms with Crippen LogP contribution in [0.25, 0.3) is 10.8 Å². The first kappa shape index (κ1) is 19.8. The third kappa shape index (κ3) is 4.49. The van der Waals surface area contributed by atoms with Crippen molar-refractivity contribution >= 4 is 28.6 Å². The topological polar surface area (TPSA) is 93.7 Å². The van der Waals surface area contributed by atoms with Crippen LogP contribution in [0.15, 0.2) is 60.7 Å². The average molecular weight is 396 g/mol. The van der Waals surface area contributed by atoms with Crippen molar-refractivity contribution in [1.29, 1.82) is 0 Å². The third-order valence-electron chi connectivity index (χ3n) is 4.09.